The minimum absolute atomic E-state index is 0.0131. The number of aryl methyl sites for hydroxylation is 1. The van der Waals surface area contributed by atoms with Gasteiger partial charge >= 0.3 is 5.97 Å². The molecule has 2 aromatic rings. The Hall–Kier alpha value is -1.85. The van der Waals surface area contributed by atoms with Gasteiger partial charge in [0, 0.05) is 10.5 Å². The first-order chi connectivity index (χ1) is 12.0. The van der Waals surface area contributed by atoms with Gasteiger partial charge in [0.25, 0.3) is 5.91 Å². The minimum Gasteiger partial charge on any atom is -0.452 e. The van der Waals surface area contributed by atoms with E-state index in [9.17, 15) is 9.59 Å². The maximum Gasteiger partial charge on any atom is 0.340 e. The van der Waals surface area contributed by atoms with Crippen molar-refractivity contribution in [3.63, 3.8) is 0 Å². The predicted molar refractivity (Wildman–Crippen MR) is 102 cm³/mol. The summed E-state index contributed by atoms with van der Waals surface area (Å²) in [5.74, 6) is -0.960. The molecular formula is C19H19BrClNO3. The standard InChI is InChI=1S/C19H19BrClNO3/c1-13(7-8-14-5-3-2-4-6-14)22-18(23)12-25-19(24)16-11-15(20)9-10-17(16)21/h2-6,9-11,13H,7-8,12H2,1H3,(H,22,23). The van der Waals surface area contributed by atoms with E-state index in [4.69, 9.17) is 16.3 Å². The summed E-state index contributed by atoms with van der Waals surface area (Å²) in [5.41, 5.74) is 1.44. The number of halogens is 2. The molecule has 0 aliphatic rings. The molecule has 0 heterocycles. The number of rotatable bonds is 7. The normalized spacial score (nSPS) is 11.6. The molecule has 1 amide bonds. The van der Waals surface area contributed by atoms with Crippen molar-refractivity contribution in [2.75, 3.05) is 6.61 Å². The molecule has 0 aliphatic carbocycles. The second kappa shape index (κ2) is 9.59. The van der Waals surface area contributed by atoms with E-state index in [1.807, 2.05) is 25.1 Å². The fourth-order valence-electron chi connectivity index (χ4n) is 2.28. The van der Waals surface area contributed by atoms with E-state index < -0.39 is 5.97 Å². The topological polar surface area (TPSA) is 55.4 Å². The van der Waals surface area contributed by atoms with Crippen molar-refractivity contribution in [3.8, 4) is 0 Å². The number of amides is 1. The highest BCUT2D eigenvalue weighted by Crippen LogP contribution is 2.21. The van der Waals surface area contributed by atoms with Crippen LogP contribution in [0.2, 0.25) is 5.02 Å². The Morgan fingerprint density at radius 2 is 1.92 bits per heavy atom. The second-order valence-electron chi connectivity index (χ2n) is 5.69. The highest BCUT2D eigenvalue weighted by Gasteiger charge is 2.15. The number of ether oxygens (including phenoxy) is 1. The number of hydrogen-bond donors (Lipinski definition) is 1. The summed E-state index contributed by atoms with van der Waals surface area (Å²) in [4.78, 5) is 23.9. The number of carbonyl (C=O) groups is 2. The number of nitrogens with one attached hydrogen (secondary N) is 1. The molecule has 0 aliphatic heterocycles. The van der Waals surface area contributed by atoms with E-state index in [-0.39, 0.29) is 29.1 Å². The van der Waals surface area contributed by atoms with Gasteiger partial charge in [-0.1, -0.05) is 57.9 Å². The van der Waals surface area contributed by atoms with Crippen LogP contribution in [0.25, 0.3) is 0 Å². The van der Waals surface area contributed by atoms with Crippen LogP contribution < -0.4 is 5.32 Å². The van der Waals surface area contributed by atoms with Gasteiger partial charge in [0.1, 0.15) is 0 Å². The average Bonchev–Trinajstić information content (AvgIpc) is 2.61. The molecule has 1 unspecified atom stereocenters. The van der Waals surface area contributed by atoms with Crippen molar-refractivity contribution in [2.24, 2.45) is 0 Å². The molecule has 0 saturated heterocycles. The van der Waals surface area contributed by atoms with Crippen molar-refractivity contribution in [1.82, 2.24) is 5.32 Å². The summed E-state index contributed by atoms with van der Waals surface area (Å²) < 4.78 is 5.74. The van der Waals surface area contributed by atoms with Crippen LogP contribution in [0.5, 0.6) is 0 Å². The van der Waals surface area contributed by atoms with Crippen molar-refractivity contribution >= 4 is 39.4 Å². The number of hydrogen-bond acceptors (Lipinski definition) is 3. The molecule has 1 N–H and O–H groups in total. The lowest BCUT2D eigenvalue weighted by molar-refractivity contribution is -0.124. The van der Waals surface area contributed by atoms with Crippen molar-refractivity contribution in [2.45, 2.75) is 25.8 Å². The Labute approximate surface area is 160 Å². The van der Waals surface area contributed by atoms with Crippen LogP contribution in [-0.4, -0.2) is 24.5 Å². The predicted octanol–water partition coefficient (Wildman–Crippen LogP) is 4.40. The van der Waals surface area contributed by atoms with Crippen molar-refractivity contribution < 1.29 is 14.3 Å². The van der Waals surface area contributed by atoms with Crippen LogP contribution in [0, 0.1) is 0 Å². The van der Waals surface area contributed by atoms with Gasteiger partial charge in [-0.2, -0.15) is 0 Å². The van der Waals surface area contributed by atoms with Crippen LogP contribution in [0.1, 0.15) is 29.3 Å². The summed E-state index contributed by atoms with van der Waals surface area (Å²) in [6, 6.07) is 14.9. The van der Waals surface area contributed by atoms with Crippen LogP contribution in [0.4, 0.5) is 0 Å². The lowest BCUT2D eigenvalue weighted by Crippen LogP contribution is -2.36. The first-order valence-electron chi connectivity index (χ1n) is 7.91. The maximum atomic E-state index is 12.0. The van der Waals surface area contributed by atoms with E-state index >= 15 is 0 Å². The van der Waals surface area contributed by atoms with E-state index in [1.54, 1.807) is 18.2 Å². The zero-order valence-corrected chi connectivity index (χ0v) is 16.1. The number of esters is 1. The van der Waals surface area contributed by atoms with Crippen LogP contribution in [0.15, 0.2) is 53.0 Å². The molecule has 0 saturated carbocycles. The van der Waals surface area contributed by atoms with Gasteiger partial charge in [-0.15, -0.1) is 0 Å². The van der Waals surface area contributed by atoms with Gasteiger partial charge in [-0.3, -0.25) is 4.79 Å². The smallest absolute Gasteiger partial charge is 0.340 e. The Morgan fingerprint density at radius 1 is 1.20 bits per heavy atom. The average molecular weight is 425 g/mol. The zero-order valence-electron chi connectivity index (χ0n) is 13.8. The third-order valence-corrected chi connectivity index (χ3v) is 4.42. The quantitative estimate of drug-likeness (QED) is 0.670. The lowest BCUT2D eigenvalue weighted by atomic mass is 10.1. The monoisotopic (exact) mass is 423 g/mol. The second-order valence-corrected chi connectivity index (χ2v) is 7.02. The molecule has 4 nitrogen and oxygen atoms in total. The first-order valence-corrected chi connectivity index (χ1v) is 9.08. The van der Waals surface area contributed by atoms with Crippen LogP contribution in [-0.2, 0) is 16.0 Å². The van der Waals surface area contributed by atoms with Gasteiger partial charge in [0.2, 0.25) is 0 Å². The van der Waals surface area contributed by atoms with Gasteiger partial charge < -0.3 is 10.1 Å². The van der Waals surface area contributed by atoms with Gasteiger partial charge in [-0.25, -0.2) is 4.79 Å². The van der Waals surface area contributed by atoms with Crippen LogP contribution in [0.3, 0.4) is 0 Å². The third-order valence-electron chi connectivity index (χ3n) is 3.60. The van der Waals surface area contributed by atoms with Crippen molar-refractivity contribution in [1.29, 1.82) is 0 Å². The van der Waals surface area contributed by atoms with E-state index in [1.165, 1.54) is 5.56 Å². The molecule has 1 atom stereocenters. The Morgan fingerprint density at radius 3 is 2.64 bits per heavy atom. The first kappa shape index (κ1) is 19.5. The van der Waals surface area contributed by atoms with Gasteiger partial charge in [0.05, 0.1) is 10.6 Å². The van der Waals surface area contributed by atoms with E-state index in [0.29, 0.717) is 4.47 Å². The van der Waals surface area contributed by atoms with Crippen LogP contribution >= 0.6 is 27.5 Å². The fraction of sp³-hybridized carbons (Fsp3) is 0.263. The minimum atomic E-state index is -0.626. The Balaban J connectivity index is 1.76. The highest BCUT2D eigenvalue weighted by atomic mass is 79.9. The van der Waals surface area contributed by atoms with E-state index in [2.05, 4.69) is 33.4 Å². The zero-order chi connectivity index (χ0) is 18.2. The fourth-order valence-corrected chi connectivity index (χ4v) is 2.84. The molecule has 0 fully saturated rings. The molecule has 6 heteroatoms. The molecule has 0 bridgehead atoms. The Bertz CT molecular complexity index is 737. The Kier molecular flexibility index (Phi) is 7.47. The molecular weight excluding hydrogens is 406 g/mol. The van der Waals surface area contributed by atoms with E-state index in [0.717, 1.165) is 12.8 Å². The molecule has 25 heavy (non-hydrogen) atoms. The van der Waals surface area contributed by atoms with Gasteiger partial charge in [0.15, 0.2) is 6.61 Å². The summed E-state index contributed by atoms with van der Waals surface area (Å²) in [7, 11) is 0. The third kappa shape index (κ3) is 6.52. The SMILES string of the molecule is CC(CCc1ccccc1)NC(=O)COC(=O)c1cc(Br)ccc1Cl. The molecule has 0 spiro atoms. The molecule has 132 valence electrons. The van der Waals surface area contributed by atoms with Gasteiger partial charge in [-0.05, 0) is 43.5 Å². The highest BCUT2D eigenvalue weighted by molar-refractivity contribution is 9.10. The maximum absolute atomic E-state index is 12.0. The summed E-state index contributed by atoms with van der Waals surface area (Å²) in [5, 5.41) is 3.11. The number of carbonyl (C=O) groups excluding carboxylic acids is 2. The largest absolute Gasteiger partial charge is 0.452 e. The molecule has 0 aromatic heterocycles. The lowest BCUT2D eigenvalue weighted by Gasteiger charge is -2.14. The summed E-state index contributed by atoms with van der Waals surface area (Å²) >= 11 is 9.24. The molecule has 2 aromatic carbocycles. The van der Waals surface area contributed by atoms with Crippen molar-refractivity contribution in [3.05, 3.63) is 69.2 Å². The molecule has 2 rings (SSSR count). The summed E-state index contributed by atoms with van der Waals surface area (Å²) in [6.45, 7) is 1.59. The molecule has 0 radical (unpaired) electrons. The number of benzene rings is 2. The summed E-state index contributed by atoms with van der Waals surface area (Å²) in [6.07, 6.45) is 1.68.